The van der Waals surface area contributed by atoms with Gasteiger partial charge >= 0.3 is 0 Å². The third-order valence-electron chi connectivity index (χ3n) is 3.81. The van der Waals surface area contributed by atoms with E-state index in [4.69, 9.17) is 0 Å². The number of phenols is 1. The van der Waals surface area contributed by atoms with E-state index in [0.29, 0.717) is 11.6 Å². The van der Waals surface area contributed by atoms with E-state index < -0.39 is 0 Å². The SMILES string of the molecule is CC(C)(C)c1cc(/C=N\Nc2ccccn2)cc(C(C)(C)C)c1O. The number of hydrogen-bond donors (Lipinski definition) is 2. The first kappa shape index (κ1) is 18.0. The van der Waals surface area contributed by atoms with Crippen LogP contribution in [0.3, 0.4) is 0 Å². The number of anilines is 1. The molecule has 2 rings (SSSR count). The standard InChI is InChI=1S/C20H27N3O/c1-19(2,3)15-11-14(12-16(18(15)24)20(4,5)6)13-22-23-17-9-7-8-10-21-17/h7-13,24H,1-6H3,(H,21,23)/b22-13-. The Morgan fingerprint density at radius 2 is 1.58 bits per heavy atom. The van der Waals surface area contributed by atoms with Gasteiger partial charge in [-0.3, -0.25) is 5.43 Å². The average molecular weight is 325 g/mol. The summed E-state index contributed by atoms with van der Waals surface area (Å²) in [4.78, 5) is 4.17. The van der Waals surface area contributed by atoms with E-state index >= 15 is 0 Å². The smallest absolute Gasteiger partial charge is 0.146 e. The van der Waals surface area contributed by atoms with E-state index in [9.17, 15) is 5.11 Å². The molecule has 0 fully saturated rings. The molecule has 0 saturated carbocycles. The van der Waals surface area contributed by atoms with Crippen LogP contribution in [0.15, 0.2) is 41.6 Å². The largest absolute Gasteiger partial charge is 0.507 e. The van der Waals surface area contributed by atoms with Crippen LogP contribution >= 0.6 is 0 Å². The molecule has 1 aromatic heterocycles. The van der Waals surface area contributed by atoms with Crippen LogP contribution in [0.25, 0.3) is 0 Å². The number of nitrogens with zero attached hydrogens (tertiary/aromatic N) is 2. The molecule has 0 atom stereocenters. The molecule has 0 aliphatic heterocycles. The van der Waals surface area contributed by atoms with Crippen LogP contribution in [-0.2, 0) is 10.8 Å². The van der Waals surface area contributed by atoms with Crippen molar-refractivity contribution in [3.63, 3.8) is 0 Å². The summed E-state index contributed by atoms with van der Waals surface area (Å²) in [6.07, 6.45) is 3.48. The predicted molar refractivity (Wildman–Crippen MR) is 101 cm³/mol. The lowest BCUT2D eigenvalue weighted by Gasteiger charge is -2.27. The maximum absolute atomic E-state index is 10.7. The lowest BCUT2D eigenvalue weighted by atomic mass is 9.78. The highest BCUT2D eigenvalue weighted by Crippen LogP contribution is 2.39. The Hall–Kier alpha value is -2.36. The maximum Gasteiger partial charge on any atom is 0.146 e. The highest BCUT2D eigenvalue weighted by molar-refractivity contribution is 5.82. The van der Waals surface area contributed by atoms with Gasteiger partial charge in [-0.15, -0.1) is 0 Å². The second-order valence-electron chi connectivity index (χ2n) is 8.05. The van der Waals surface area contributed by atoms with E-state index in [2.05, 4.69) is 57.1 Å². The molecule has 128 valence electrons. The summed E-state index contributed by atoms with van der Waals surface area (Å²) in [6, 6.07) is 9.61. The third-order valence-corrected chi connectivity index (χ3v) is 3.81. The Morgan fingerprint density at radius 3 is 2.04 bits per heavy atom. The molecule has 0 radical (unpaired) electrons. The number of pyridine rings is 1. The quantitative estimate of drug-likeness (QED) is 0.628. The fourth-order valence-corrected chi connectivity index (χ4v) is 2.48. The molecule has 0 aliphatic carbocycles. The number of hydrazone groups is 1. The normalized spacial score (nSPS) is 12.6. The topological polar surface area (TPSA) is 57.5 Å². The summed E-state index contributed by atoms with van der Waals surface area (Å²) >= 11 is 0. The molecule has 0 bridgehead atoms. The van der Waals surface area contributed by atoms with E-state index in [1.165, 1.54) is 0 Å². The van der Waals surface area contributed by atoms with Crippen LogP contribution < -0.4 is 5.43 Å². The molecule has 0 unspecified atom stereocenters. The van der Waals surface area contributed by atoms with Gasteiger partial charge in [0.15, 0.2) is 0 Å². The minimum Gasteiger partial charge on any atom is -0.507 e. The van der Waals surface area contributed by atoms with Crippen molar-refractivity contribution >= 4 is 12.0 Å². The van der Waals surface area contributed by atoms with Crippen LogP contribution in [0.1, 0.15) is 58.2 Å². The number of aromatic hydroxyl groups is 1. The van der Waals surface area contributed by atoms with Crippen molar-refractivity contribution in [1.29, 1.82) is 0 Å². The van der Waals surface area contributed by atoms with E-state index in [1.807, 2.05) is 30.3 Å². The number of nitrogens with one attached hydrogen (secondary N) is 1. The lowest BCUT2D eigenvalue weighted by molar-refractivity contribution is 0.423. The van der Waals surface area contributed by atoms with Gasteiger partial charge in [0.2, 0.25) is 0 Å². The van der Waals surface area contributed by atoms with Crippen molar-refractivity contribution < 1.29 is 5.11 Å². The van der Waals surface area contributed by atoms with Crippen LogP contribution in [0.4, 0.5) is 5.82 Å². The summed E-state index contributed by atoms with van der Waals surface area (Å²) in [5.41, 5.74) is 5.42. The molecule has 0 spiro atoms. The summed E-state index contributed by atoms with van der Waals surface area (Å²) in [5, 5.41) is 15.0. The van der Waals surface area contributed by atoms with Gasteiger partial charge in [-0.1, -0.05) is 47.6 Å². The average Bonchev–Trinajstić information content (AvgIpc) is 2.47. The van der Waals surface area contributed by atoms with Crippen molar-refractivity contribution in [1.82, 2.24) is 4.98 Å². The summed E-state index contributed by atoms with van der Waals surface area (Å²) in [5.74, 6) is 1.07. The monoisotopic (exact) mass is 325 g/mol. The van der Waals surface area contributed by atoms with Gasteiger partial charge in [0, 0.05) is 17.3 Å². The zero-order valence-electron chi connectivity index (χ0n) is 15.4. The molecule has 4 heteroatoms. The van der Waals surface area contributed by atoms with Gasteiger partial charge in [0.1, 0.15) is 11.6 Å². The Kier molecular flexibility index (Phi) is 4.97. The highest BCUT2D eigenvalue weighted by Gasteiger charge is 2.26. The molecule has 2 aromatic rings. The van der Waals surface area contributed by atoms with Crippen LogP contribution in [-0.4, -0.2) is 16.3 Å². The van der Waals surface area contributed by atoms with Gasteiger partial charge in [0.25, 0.3) is 0 Å². The zero-order chi connectivity index (χ0) is 18.0. The minimum atomic E-state index is -0.150. The van der Waals surface area contributed by atoms with Crippen molar-refractivity contribution in [3.8, 4) is 5.75 Å². The maximum atomic E-state index is 10.7. The van der Waals surface area contributed by atoms with Crippen molar-refractivity contribution in [2.75, 3.05) is 5.43 Å². The highest BCUT2D eigenvalue weighted by atomic mass is 16.3. The van der Waals surface area contributed by atoms with E-state index in [1.54, 1.807) is 12.4 Å². The lowest BCUT2D eigenvalue weighted by Crippen LogP contribution is -2.18. The number of phenolic OH excluding ortho intramolecular Hbond substituents is 1. The Bertz CT molecular complexity index is 688. The van der Waals surface area contributed by atoms with Crippen LogP contribution in [0.5, 0.6) is 5.75 Å². The fraction of sp³-hybridized carbons (Fsp3) is 0.400. The third kappa shape index (κ3) is 4.34. The first-order chi connectivity index (χ1) is 11.1. The Morgan fingerprint density at radius 1 is 1.00 bits per heavy atom. The van der Waals surface area contributed by atoms with E-state index in [0.717, 1.165) is 16.7 Å². The molecule has 24 heavy (non-hydrogen) atoms. The van der Waals surface area contributed by atoms with Crippen molar-refractivity contribution in [2.45, 2.75) is 52.4 Å². The Labute approximate surface area is 144 Å². The predicted octanol–water partition coefficient (Wildman–Crippen LogP) is 4.83. The molecule has 0 saturated heterocycles. The number of benzene rings is 1. The first-order valence-corrected chi connectivity index (χ1v) is 8.17. The first-order valence-electron chi connectivity index (χ1n) is 8.17. The van der Waals surface area contributed by atoms with Gasteiger partial charge < -0.3 is 5.11 Å². The molecule has 0 amide bonds. The van der Waals surface area contributed by atoms with Crippen LogP contribution in [0.2, 0.25) is 0 Å². The molecular weight excluding hydrogens is 298 g/mol. The van der Waals surface area contributed by atoms with E-state index in [-0.39, 0.29) is 10.8 Å². The molecule has 4 nitrogen and oxygen atoms in total. The summed E-state index contributed by atoms with van der Waals surface area (Å²) in [7, 11) is 0. The van der Waals surface area contributed by atoms with Gasteiger partial charge in [-0.2, -0.15) is 5.10 Å². The second-order valence-corrected chi connectivity index (χ2v) is 8.05. The molecular formula is C20H27N3O. The number of rotatable bonds is 3. The van der Waals surface area contributed by atoms with Crippen molar-refractivity contribution in [2.24, 2.45) is 5.10 Å². The van der Waals surface area contributed by atoms with Gasteiger partial charge in [-0.05, 0) is 40.7 Å². The molecule has 0 aliphatic rings. The fourth-order valence-electron chi connectivity index (χ4n) is 2.48. The van der Waals surface area contributed by atoms with Gasteiger partial charge in [0.05, 0.1) is 6.21 Å². The molecule has 1 heterocycles. The zero-order valence-corrected chi connectivity index (χ0v) is 15.4. The number of aromatic nitrogens is 1. The Balaban J connectivity index is 2.39. The minimum absolute atomic E-state index is 0.150. The van der Waals surface area contributed by atoms with Crippen LogP contribution in [0, 0.1) is 0 Å². The summed E-state index contributed by atoms with van der Waals surface area (Å²) in [6.45, 7) is 12.6. The van der Waals surface area contributed by atoms with Gasteiger partial charge in [-0.25, -0.2) is 4.98 Å². The molecule has 2 N–H and O–H groups in total. The van der Waals surface area contributed by atoms with Crippen molar-refractivity contribution in [3.05, 3.63) is 53.2 Å². The summed E-state index contributed by atoms with van der Waals surface area (Å²) < 4.78 is 0. The number of hydrogen-bond acceptors (Lipinski definition) is 4. The molecule has 1 aromatic carbocycles. The second kappa shape index (κ2) is 6.63.